The molecule has 0 radical (unpaired) electrons. The number of carbonyl (C=O) groups excluding carboxylic acids is 1. The number of hydrogen-bond acceptors (Lipinski definition) is 4. The molecule has 0 bridgehead atoms. The van der Waals surface area contributed by atoms with E-state index in [9.17, 15) is 4.79 Å². The van der Waals surface area contributed by atoms with Crippen LogP contribution < -0.4 is 16.0 Å². The van der Waals surface area contributed by atoms with Crippen LogP contribution in [-0.4, -0.2) is 87.6 Å². The number of aliphatic imine (C=N–C) groups is 1. The molecule has 1 aromatic rings. The molecular weight excluding hydrogens is 376 g/mol. The minimum atomic E-state index is -0.0525. The Hall–Kier alpha value is -2.12. The van der Waals surface area contributed by atoms with Crippen LogP contribution in [0.3, 0.4) is 0 Å². The van der Waals surface area contributed by atoms with Crippen LogP contribution in [0.2, 0.25) is 0 Å². The van der Waals surface area contributed by atoms with Gasteiger partial charge in [0.15, 0.2) is 5.96 Å². The molecule has 2 rings (SSSR count). The van der Waals surface area contributed by atoms with Crippen molar-refractivity contribution >= 4 is 11.9 Å². The van der Waals surface area contributed by atoms with E-state index in [1.165, 1.54) is 0 Å². The van der Waals surface area contributed by atoms with Crippen LogP contribution in [0.1, 0.15) is 36.7 Å². The Kier molecular flexibility index (Phi) is 10.1. The topological polar surface area (TPSA) is 72.0 Å². The molecule has 1 fully saturated rings. The van der Waals surface area contributed by atoms with E-state index in [4.69, 9.17) is 4.99 Å². The molecule has 0 saturated carbocycles. The lowest BCUT2D eigenvalue weighted by Crippen LogP contribution is -2.52. The zero-order chi connectivity index (χ0) is 21.9. The van der Waals surface area contributed by atoms with E-state index in [1.807, 2.05) is 18.2 Å². The summed E-state index contributed by atoms with van der Waals surface area (Å²) in [5.74, 6) is 1.37. The van der Waals surface area contributed by atoms with Gasteiger partial charge in [0.1, 0.15) is 0 Å². The highest BCUT2D eigenvalue weighted by Gasteiger charge is 2.24. The third kappa shape index (κ3) is 7.61. The second-order valence-electron chi connectivity index (χ2n) is 8.33. The molecule has 30 heavy (non-hydrogen) atoms. The van der Waals surface area contributed by atoms with E-state index >= 15 is 0 Å². The van der Waals surface area contributed by atoms with Crippen molar-refractivity contribution in [2.75, 3.05) is 59.9 Å². The molecule has 1 aliphatic rings. The van der Waals surface area contributed by atoms with Gasteiger partial charge in [-0.05, 0) is 44.0 Å². The van der Waals surface area contributed by atoms with E-state index < -0.39 is 0 Å². The Balaban J connectivity index is 1.92. The van der Waals surface area contributed by atoms with Crippen molar-refractivity contribution in [2.45, 2.75) is 33.2 Å². The molecule has 3 N–H and O–H groups in total. The highest BCUT2D eigenvalue weighted by Crippen LogP contribution is 2.14. The average molecular weight is 417 g/mol. The standard InChI is InChI=1S/C23H40N6O/c1-6-25-23(26-11-10-19-8-7-9-20(16-19)22(30)24-4)27-17-21(18(2)3)29-14-12-28(5)13-15-29/h7-9,16,18,21H,6,10-15,17H2,1-5H3,(H,24,30)(H2,25,26,27). The summed E-state index contributed by atoms with van der Waals surface area (Å²) in [6, 6.07) is 8.24. The Morgan fingerprint density at radius 2 is 1.90 bits per heavy atom. The van der Waals surface area contributed by atoms with Crippen LogP contribution >= 0.6 is 0 Å². The summed E-state index contributed by atoms with van der Waals surface area (Å²) < 4.78 is 0. The Morgan fingerprint density at radius 3 is 2.53 bits per heavy atom. The molecule has 1 saturated heterocycles. The van der Waals surface area contributed by atoms with Crippen LogP contribution in [0, 0.1) is 5.92 Å². The zero-order valence-electron chi connectivity index (χ0n) is 19.4. The molecule has 1 aromatic carbocycles. The van der Waals surface area contributed by atoms with Crippen molar-refractivity contribution in [3.8, 4) is 0 Å². The zero-order valence-corrected chi connectivity index (χ0v) is 19.4. The van der Waals surface area contributed by atoms with E-state index in [0.717, 1.165) is 63.8 Å². The SMILES string of the molecule is CCNC(=NCC(C(C)C)N1CCN(C)CC1)NCCc1cccc(C(=O)NC)c1. The first-order valence-corrected chi connectivity index (χ1v) is 11.2. The lowest BCUT2D eigenvalue weighted by atomic mass is 10.0. The van der Waals surface area contributed by atoms with Crippen molar-refractivity contribution in [1.82, 2.24) is 25.8 Å². The Morgan fingerprint density at radius 1 is 1.17 bits per heavy atom. The second kappa shape index (κ2) is 12.5. The van der Waals surface area contributed by atoms with Crippen molar-refractivity contribution in [1.29, 1.82) is 0 Å². The van der Waals surface area contributed by atoms with Crippen molar-refractivity contribution < 1.29 is 4.79 Å². The number of guanidine groups is 1. The van der Waals surface area contributed by atoms with Gasteiger partial charge in [0, 0.05) is 57.9 Å². The summed E-state index contributed by atoms with van der Waals surface area (Å²) in [5, 5.41) is 9.48. The fraction of sp³-hybridized carbons (Fsp3) is 0.652. The maximum atomic E-state index is 11.8. The summed E-state index contributed by atoms with van der Waals surface area (Å²) in [4.78, 5) is 21.7. The smallest absolute Gasteiger partial charge is 0.251 e. The molecule has 1 atom stereocenters. The highest BCUT2D eigenvalue weighted by atomic mass is 16.1. The van der Waals surface area contributed by atoms with Gasteiger partial charge in [0.25, 0.3) is 5.91 Å². The van der Waals surface area contributed by atoms with Crippen LogP contribution in [0.15, 0.2) is 29.3 Å². The summed E-state index contributed by atoms with van der Waals surface area (Å²) in [6.45, 7) is 13.5. The maximum absolute atomic E-state index is 11.8. The van der Waals surface area contributed by atoms with Gasteiger partial charge < -0.3 is 20.9 Å². The Labute approximate surface area is 182 Å². The van der Waals surface area contributed by atoms with E-state index in [0.29, 0.717) is 17.5 Å². The van der Waals surface area contributed by atoms with E-state index in [2.05, 4.69) is 59.6 Å². The maximum Gasteiger partial charge on any atom is 0.251 e. The molecule has 1 aliphatic heterocycles. The van der Waals surface area contributed by atoms with Gasteiger partial charge >= 0.3 is 0 Å². The van der Waals surface area contributed by atoms with Crippen LogP contribution in [0.25, 0.3) is 0 Å². The van der Waals surface area contributed by atoms with Crippen LogP contribution in [-0.2, 0) is 6.42 Å². The molecule has 0 aliphatic carbocycles. The number of nitrogens with zero attached hydrogens (tertiary/aromatic N) is 3. The van der Waals surface area contributed by atoms with Gasteiger partial charge in [-0.1, -0.05) is 26.0 Å². The molecule has 0 aromatic heterocycles. The number of nitrogens with one attached hydrogen (secondary N) is 3. The number of likely N-dealkylation sites (N-methyl/N-ethyl adjacent to an activating group) is 1. The minimum absolute atomic E-state index is 0.0525. The van der Waals surface area contributed by atoms with Gasteiger partial charge in [-0.15, -0.1) is 0 Å². The van der Waals surface area contributed by atoms with Gasteiger partial charge in [0.2, 0.25) is 0 Å². The summed E-state index contributed by atoms with van der Waals surface area (Å²) in [6.07, 6.45) is 0.835. The molecule has 1 amide bonds. The normalized spacial score (nSPS) is 17.1. The fourth-order valence-electron chi connectivity index (χ4n) is 3.77. The molecular formula is C23H40N6O. The summed E-state index contributed by atoms with van der Waals surface area (Å²) >= 11 is 0. The number of piperazine rings is 1. The lowest BCUT2D eigenvalue weighted by molar-refractivity contribution is 0.0925. The molecule has 0 spiro atoms. The second-order valence-corrected chi connectivity index (χ2v) is 8.33. The lowest BCUT2D eigenvalue weighted by Gasteiger charge is -2.39. The molecule has 1 unspecified atom stereocenters. The monoisotopic (exact) mass is 416 g/mol. The number of benzene rings is 1. The van der Waals surface area contributed by atoms with Crippen LogP contribution in [0.5, 0.6) is 0 Å². The molecule has 7 heteroatoms. The van der Waals surface area contributed by atoms with Gasteiger partial charge in [0.05, 0.1) is 6.54 Å². The first-order chi connectivity index (χ1) is 14.4. The van der Waals surface area contributed by atoms with E-state index in [1.54, 1.807) is 7.05 Å². The largest absolute Gasteiger partial charge is 0.357 e. The number of hydrogen-bond donors (Lipinski definition) is 3. The molecule has 168 valence electrons. The number of rotatable bonds is 9. The first-order valence-electron chi connectivity index (χ1n) is 11.2. The van der Waals surface area contributed by atoms with Crippen molar-refractivity contribution in [2.24, 2.45) is 10.9 Å². The van der Waals surface area contributed by atoms with Gasteiger partial charge in [-0.3, -0.25) is 14.7 Å². The quantitative estimate of drug-likeness (QED) is 0.419. The highest BCUT2D eigenvalue weighted by molar-refractivity contribution is 5.94. The van der Waals surface area contributed by atoms with Gasteiger partial charge in [-0.2, -0.15) is 0 Å². The third-order valence-corrected chi connectivity index (χ3v) is 5.68. The van der Waals surface area contributed by atoms with Crippen LogP contribution in [0.4, 0.5) is 0 Å². The van der Waals surface area contributed by atoms with Crippen molar-refractivity contribution in [3.05, 3.63) is 35.4 Å². The summed E-state index contributed by atoms with van der Waals surface area (Å²) in [7, 11) is 3.85. The summed E-state index contributed by atoms with van der Waals surface area (Å²) in [5.41, 5.74) is 1.83. The predicted octanol–water partition coefficient (Wildman–Crippen LogP) is 1.42. The molecule has 1 heterocycles. The van der Waals surface area contributed by atoms with Crippen molar-refractivity contribution in [3.63, 3.8) is 0 Å². The molecule has 7 nitrogen and oxygen atoms in total. The Bertz CT molecular complexity index is 682. The third-order valence-electron chi connectivity index (χ3n) is 5.68. The predicted molar refractivity (Wildman–Crippen MR) is 125 cm³/mol. The minimum Gasteiger partial charge on any atom is -0.357 e. The van der Waals surface area contributed by atoms with E-state index in [-0.39, 0.29) is 5.91 Å². The average Bonchev–Trinajstić information content (AvgIpc) is 2.74. The number of carbonyl (C=O) groups is 1. The first kappa shape index (κ1) is 24.2. The van der Waals surface area contributed by atoms with Gasteiger partial charge in [-0.25, -0.2) is 0 Å². The number of amides is 1. The fourth-order valence-corrected chi connectivity index (χ4v) is 3.77.